The van der Waals surface area contributed by atoms with E-state index in [1.165, 1.54) is 0 Å². The standard InChI is InChI=1S/C28H41NO9/c1-6-14-31-22-20(34-26-24(22)36-28(4,5)38-26)18(12-13-30)29-15-19-21(32-16-17-10-8-7-9-11-17)23-25(33-19)37-27(2,3)35-23/h6-11,18-26,29-30H,1,12-16H2,2-5H3/t18-,19+,20-,21-,22-,23+,24+,25+,26+/m0/s1. The molecule has 5 rings (SSSR count). The van der Waals surface area contributed by atoms with Crippen LogP contribution in [0, 0.1) is 0 Å². The summed E-state index contributed by atoms with van der Waals surface area (Å²) in [4.78, 5) is 0. The van der Waals surface area contributed by atoms with E-state index in [0.717, 1.165) is 5.56 Å². The first-order valence-electron chi connectivity index (χ1n) is 13.4. The topological polar surface area (TPSA) is 106 Å². The van der Waals surface area contributed by atoms with E-state index in [0.29, 0.717) is 26.2 Å². The van der Waals surface area contributed by atoms with Crippen LogP contribution in [0.3, 0.4) is 0 Å². The normalized spacial score (nSPS) is 37.7. The van der Waals surface area contributed by atoms with Crippen molar-refractivity contribution in [1.82, 2.24) is 5.32 Å². The molecular formula is C28H41NO9. The van der Waals surface area contributed by atoms with Crippen LogP contribution in [0.25, 0.3) is 0 Å². The summed E-state index contributed by atoms with van der Waals surface area (Å²) < 4.78 is 49.2. The van der Waals surface area contributed by atoms with Crippen LogP contribution in [-0.2, 0) is 44.5 Å². The summed E-state index contributed by atoms with van der Waals surface area (Å²) in [7, 11) is 0. The van der Waals surface area contributed by atoms with Crippen LogP contribution in [0.15, 0.2) is 43.0 Å². The molecule has 1 aromatic carbocycles. The lowest BCUT2D eigenvalue weighted by Gasteiger charge is -2.33. The highest BCUT2D eigenvalue weighted by Gasteiger charge is 2.58. The molecule has 0 aromatic heterocycles. The highest BCUT2D eigenvalue weighted by atomic mass is 16.9. The summed E-state index contributed by atoms with van der Waals surface area (Å²) in [5, 5.41) is 13.4. The van der Waals surface area contributed by atoms with Crippen molar-refractivity contribution in [2.45, 2.75) is 108 Å². The maximum Gasteiger partial charge on any atom is 0.190 e. The van der Waals surface area contributed by atoms with Crippen LogP contribution in [-0.4, -0.2) is 91.7 Å². The lowest BCUT2D eigenvalue weighted by molar-refractivity contribution is -0.223. The van der Waals surface area contributed by atoms with Crippen LogP contribution in [0.1, 0.15) is 39.7 Å². The van der Waals surface area contributed by atoms with Crippen molar-refractivity contribution < 1.29 is 43.0 Å². The number of hydrogen-bond donors (Lipinski definition) is 2. The van der Waals surface area contributed by atoms with Gasteiger partial charge >= 0.3 is 0 Å². The number of hydrogen-bond acceptors (Lipinski definition) is 10. The third kappa shape index (κ3) is 6.15. The fourth-order valence-electron chi connectivity index (χ4n) is 5.67. The van der Waals surface area contributed by atoms with E-state index < -0.39 is 36.4 Å². The maximum atomic E-state index is 9.88. The minimum Gasteiger partial charge on any atom is -0.396 e. The molecule has 0 aliphatic carbocycles. The number of ether oxygens (including phenoxy) is 8. The van der Waals surface area contributed by atoms with Crippen molar-refractivity contribution in [3.8, 4) is 0 Å². The van der Waals surface area contributed by atoms with Gasteiger partial charge in [-0.05, 0) is 39.7 Å². The first-order valence-corrected chi connectivity index (χ1v) is 13.4. The van der Waals surface area contributed by atoms with Gasteiger partial charge in [-0.25, -0.2) is 0 Å². The Kier molecular flexibility index (Phi) is 8.56. The van der Waals surface area contributed by atoms with E-state index in [2.05, 4.69) is 11.9 Å². The monoisotopic (exact) mass is 535 g/mol. The Bertz CT molecular complexity index is 928. The van der Waals surface area contributed by atoms with Gasteiger partial charge in [0, 0.05) is 19.2 Å². The first-order chi connectivity index (χ1) is 18.2. The molecule has 4 fully saturated rings. The number of fused-ring (bicyclic) bond motifs is 2. The zero-order chi connectivity index (χ0) is 26.9. The molecule has 4 heterocycles. The van der Waals surface area contributed by atoms with Crippen molar-refractivity contribution in [3.63, 3.8) is 0 Å². The molecule has 1 aromatic rings. The Morgan fingerprint density at radius 1 is 0.947 bits per heavy atom. The molecular weight excluding hydrogens is 494 g/mol. The van der Waals surface area contributed by atoms with Gasteiger partial charge in [0.05, 0.1) is 13.2 Å². The number of nitrogens with one attached hydrogen (secondary N) is 1. The van der Waals surface area contributed by atoms with Crippen LogP contribution in [0.5, 0.6) is 0 Å². The van der Waals surface area contributed by atoms with E-state index in [1.807, 2.05) is 58.0 Å². The molecule has 9 atom stereocenters. The van der Waals surface area contributed by atoms with Gasteiger partial charge in [0.2, 0.25) is 0 Å². The molecule has 4 aliphatic rings. The van der Waals surface area contributed by atoms with Gasteiger partial charge in [0.15, 0.2) is 24.2 Å². The van der Waals surface area contributed by atoms with E-state index in [1.54, 1.807) is 6.08 Å². The Morgan fingerprint density at radius 2 is 1.61 bits per heavy atom. The third-order valence-corrected chi connectivity index (χ3v) is 7.22. The zero-order valence-electron chi connectivity index (χ0n) is 22.6. The molecule has 0 bridgehead atoms. The highest BCUT2D eigenvalue weighted by molar-refractivity contribution is 5.13. The zero-order valence-corrected chi connectivity index (χ0v) is 22.6. The smallest absolute Gasteiger partial charge is 0.190 e. The summed E-state index contributed by atoms with van der Waals surface area (Å²) >= 11 is 0. The average Bonchev–Trinajstić information content (AvgIpc) is 3.54. The number of benzene rings is 1. The molecule has 0 saturated carbocycles. The molecule has 10 heteroatoms. The van der Waals surface area contributed by atoms with Crippen molar-refractivity contribution in [3.05, 3.63) is 48.6 Å². The summed E-state index contributed by atoms with van der Waals surface area (Å²) in [6, 6.07) is 9.74. The second-order valence-corrected chi connectivity index (χ2v) is 11.1. The van der Waals surface area contributed by atoms with E-state index >= 15 is 0 Å². The minimum atomic E-state index is -0.761. The van der Waals surface area contributed by atoms with Crippen molar-refractivity contribution >= 4 is 0 Å². The number of rotatable bonds is 12. The predicted molar refractivity (Wildman–Crippen MR) is 136 cm³/mol. The van der Waals surface area contributed by atoms with Gasteiger partial charge in [-0.1, -0.05) is 36.4 Å². The van der Waals surface area contributed by atoms with Crippen LogP contribution >= 0.6 is 0 Å². The molecule has 2 N–H and O–H groups in total. The molecule has 0 radical (unpaired) electrons. The lowest BCUT2D eigenvalue weighted by Crippen LogP contribution is -2.52. The van der Waals surface area contributed by atoms with E-state index in [-0.39, 0.29) is 37.1 Å². The van der Waals surface area contributed by atoms with Crippen molar-refractivity contribution in [2.24, 2.45) is 0 Å². The van der Waals surface area contributed by atoms with Crippen LogP contribution in [0.2, 0.25) is 0 Å². The predicted octanol–water partition coefficient (Wildman–Crippen LogP) is 2.24. The molecule has 10 nitrogen and oxygen atoms in total. The fraction of sp³-hybridized carbons (Fsp3) is 0.714. The highest BCUT2D eigenvalue weighted by Crippen LogP contribution is 2.41. The van der Waals surface area contributed by atoms with Crippen LogP contribution in [0.4, 0.5) is 0 Å². The summed E-state index contributed by atoms with van der Waals surface area (Å²) in [6.07, 6.45) is -1.19. The second kappa shape index (κ2) is 11.6. The van der Waals surface area contributed by atoms with Gasteiger partial charge in [-0.15, -0.1) is 6.58 Å². The average molecular weight is 536 g/mol. The van der Waals surface area contributed by atoms with Gasteiger partial charge in [-0.2, -0.15) is 0 Å². The molecule has 4 saturated heterocycles. The van der Waals surface area contributed by atoms with Gasteiger partial charge < -0.3 is 48.3 Å². The number of aliphatic hydroxyl groups is 1. The van der Waals surface area contributed by atoms with Crippen molar-refractivity contribution in [1.29, 1.82) is 0 Å². The van der Waals surface area contributed by atoms with E-state index in [4.69, 9.17) is 37.9 Å². The van der Waals surface area contributed by atoms with E-state index in [9.17, 15) is 5.11 Å². The summed E-state index contributed by atoms with van der Waals surface area (Å²) in [5.74, 6) is -1.51. The second-order valence-electron chi connectivity index (χ2n) is 11.1. The largest absolute Gasteiger partial charge is 0.396 e. The van der Waals surface area contributed by atoms with Crippen molar-refractivity contribution in [2.75, 3.05) is 19.8 Å². The lowest BCUT2D eigenvalue weighted by atomic mass is 10.00. The molecule has 0 amide bonds. The molecule has 212 valence electrons. The Hall–Kier alpha value is -1.44. The Balaban J connectivity index is 1.27. The molecule has 38 heavy (non-hydrogen) atoms. The number of aliphatic hydroxyl groups excluding tert-OH is 1. The minimum absolute atomic E-state index is 0.0284. The first kappa shape index (κ1) is 28.1. The fourth-order valence-corrected chi connectivity index (χ4v) is 5.67. The maximum absolute atomic E-state index is 9.88. The molecule has 0 unspecified atom stereocenters. The Labute approximate surface area is 224 Å². The summed E-state index contributed by atoms with van der Waals surface area (Å²) in [6.45, 7) is 12.4. The summed E-state index contributed by atoms with van der Waals surface area (Å²) in [5.41, 5.74) is 1.06. The Morgan fingerprint density at radius 3 is 2.26 bits per heavy atom. The quantitative estimate of drug-likeness (QED) is 0.387. The SMILES string of the molecule is C=CCO[C@H]1[C@H]([C@H](CCO)NC[C@H]2O[C@@H]3OC(C)(C)O[C@@H]3[C@H]2OCc2ccccc2)O[C@@H]2OC(C)(C)O[C@@H]21. The van der Waals surface area contributed by atoms with Gasteiger partial charge in [-0.3, -0.25) is 0 Å². The van der Waals surface area contributed by atoms with Gasteiger partial charge in [0.25, 0.3) is 0 Å². The molecule has 0 spiro atoms. The third-order valence-electron chi connectivity index (χ3n) is 7.22. The van der Waals surface area contributed by atoms with Crippen LogP contribution < -0.4 is 5.32 Å². The van der Waals surface area contributed by atoms with Gasteiger partial charge in [0.1, 0.15) is 36.6 Å². The molecule has 4 aliphatic heterocycles.